The maximum Gasteiger partial charge on any atom is 0.170 e. The minimum Gasteiger partial charge on any atom is -0.376 e. The molecule has 2 aliphatic rings. The molecule has 5 nitrogen and oxygen atoms in total. The molecule has 6 heteroatoms. The standard InChI is InChI=1S/C17H26N4OS/c1-13-5-2-3-9-21(13)16-8-7-14(11-18-16)20-17(23)19-12-15-6-4-10-22-15/h7-8,11,13,15H,2-6,9-10,12H2,1H3,(H2,19,20,23)/t13-,15+/m1/s1. The highest BCUT2D eigenvalue weighted by molar-refractivity contribution is 7.80. The summed E-state index contributed by atoms with van der Waals surface area (Å²) in [7, 11) is 0. The minimum atomic E-state index is 0.288. The molecule has 23 heavy (non-hydrogen) atoms. The van der Waals surface area contributed by atoms with Crippen LogP contribution in [0.15, 0.2) is 18.3 Å². The molecule has 1 aromatic rings. The molecule has 0 radical (unpaired) electrons. The Balaban J connectivity index is 1.49. The van der Waals surface area contributed by atoms with E-state index in [4.69, 9.17) is 17.0 Å². The van der Waals surface area contributed by atoms with Crippen LogP contribution in [0.1, 0.15) is 39.0 Å². The van der Waals surface area contributed by atoms with Gasteiger partial charge in [0.15, 0.2) is 5.11 Å². The molecule has 126 valence electrons. The van der Waals surface area contributed by atoms with Crippen molar-refractivity contribution < 1.29 is 4.74 Å². The van der Waals surface area contributed by atoms with Crippen molar-refractivity contribution in [3.8, 4) is 0 Å². The molecular formula is C17H26N4OS. The van der Waals surface area contributed by atoms with Gasteiger partial charge in [-0.3, -0.25) is 0 Å². The van der Waals surface area contributed by atoms with Gasteiger partial charge in [0.1, 0.15) is 5.82 Å². The molecule has 0 unspecified atom stereocenters. The van der Waals surface area contributed by atoms with Gasteiger partial charge in [0.25, 0.3) is 0 Å². The SMILES string of the molecule is C[C@@H]1CCCCN1c1ccc(NC(=S)NC[C@@H]2CCCO2)cn1. The van der Waals surface area contributed by atoms with Gasteiger partial charge >= 0.3 is 0 Å². The maximum atomic E-state index is 5.58. The van der Waals surface area contributed by atoms with E-state index in [1.807, 2.05) is 12.3 Å². The first kappa shape index (κ1) is 16.5. The Labute approximate surface area is 143 Å². The van der Waals surface area contributed by atoms with Crippen molar-refractivity contribution in [2.45, 2.75) is 51.2 Å². The van der Waals surface area contributed by atoms with E-state index in [0.29, 0.717) is 11.2 Å². The summed E-state index contributed by atoms with van der Waals surface area (Å²) in [4.78, 5) is 6.98. The van der Waals surface area contributed by atoms with Gasteiger partial charge in [-0.2, -0.15) is 0 Å². The molecule has 0 spiro atoms. The largest absolute Gasteiger partial charge is 0.376 e. The molecule has 2 saturated heterocycles. The van der Waals surface area contributed by atoms with Gasteiger partial charge in [0.05, 0.1) is 18.0 Å². The molecule has 1 aromatic heterocycles. The van der Waals surface area contributed by atoms with Crippen LogP contribution in [0.4, 0.5) is 11.5 Å². The molecule has 2 fully saturated rings. The number of aromatic nitrogens is 1. The van der Waals surface area contributed by atoms with E-state index in [-0.39, 0.29) is 6.10 Å². The third-order valence-corrected chi connectivity index (χ3v) is 4.86. The number of pyridine rings is 1. The number of piperidine rings is 1. The van der Waals surface area contributed by atoms with Crippen LogP contribution in [-0.2, 0) is 4.74 Å². The van der Waals surface area contributed by atoms with E-state index in [0.717, 1.165) is 44.0 Å². The molecule has 0 saturated carbocycles. The fraction of sp³-hybridized carbons (Fsp3) is 0.647. The zero-order valence-corrected chi connectivity index (χ0v) is 14.6. The maximum absolute atomic E-state index is 5.58. The van der Waals surface area contributed by atoms with Gasteiger partial charge in [0.2, 0.25) is 0 Å². The number of ether oxygens (including phenoxy) is 1. The second-order valence-electron chi connectivity index (χ2n) is 6.41. The number of nitrogens with zero attached hydrogens (tertiary/aromatic N) is 2. The van der Waals surface area contributed by atoms with Crippen LogP contribution in [0.2, 0.25) is 0 Å². The highest BCUT2D eigenvalue weighted by Gasteiger charge is 2.19. The molecule has 0 aromatic carbocycles. The first-order valence-corrected chi connectivity index (χ1v) is 9.02. The highest BCUT2D eigenvalue weighted by atomic mass is 32.1. The monoisotopic (exact) mass is 334 g/mol. The van der Waals surface area contributed by atoms with Crippen molar-refractivity contribution in [3.63, 3.8) is 0 Å². The zero-order chi connectivity index (χ0) is 16.1. The van der Waals surface area contributed by atoms with Gasteiger partial charge in [-0.15, -0.1) is 0 Å². The summed E-state index contributed by atoms with van der Waals surface area (Å²) >= 11 is 5.33. The average molecular weight is 334 g/mol. The van der Waals surface area contributed by atoms with Crippen LogP contribution in [-0.4, -0.2) is 41.9 Å². The van der Waals surface area contributed by atoms with E-state index in [9.17, 15) is 0 Å². The van der Waals surface area contributed by atoms with Crippen molar-refractivity contribution >= 4 is 28.8 Å². The summed E-state index contributed by atoms with van der Waals surface area (Å²) < 4.78 is 5.58. The predicted molar refractivity (Wildman–Crippen MR) is 98.1 cm³/mol. The van der Waals surface area contributed by atoms with Crippen LogP contribution < -0.4 is 15.5 Å². The number of hydrogen-bond donors (Lipinski definition) is 2. The summed E-state index contributed by atoms with van der Waals surface area (Å²) in [6, 6.07) is 4.69. The summed E-state index contributed by atoms with van der Waals surface area (Å²) in [5, 5.41) is 7.03. The smallest absolute Gasteiger partial charge is 0.170 e. The Morgan fingerprint density at radius 3 is 2.96 bits per heavy atom. The Morgan fingerprint density at radius 1 is 1.35 bits per heavy atom. The quantitative estimate of drug-likeness (QED) is 0.826. The lowest BCUT2D eigenvalue weighted by molar-refractivity contribution is 0.114. The first-order chi connectivity index (χ1) is 11.2. The first-order valence-electron chi connectivity index (χ1n) is 8.61. The molecule has 3 rings (SSSR count). The lowest BCUT2D eigenvalue weighted by Gasteiger charge is -2.34. The lowest BCUT2D eigenvalue weighted by atomic mass is 10.0. The van der Waals surface area contributed by atoms with Crippen molar-refractivity contribution in [2.75, 3.05) is 29.9 Å². The topological polar surface area (TPSA) is 49.4 Å². The summed E-state index contributed by atoms with van der Waals surface area (Å²) in [6.45, 7) is 5.01. The molecule has 0 aliphatic carbocycles. The van der Waals surface area contributed by atoms with Crippen molar-refractivity contribution in [1.29, 1.82) is 0 Å². The third kappa shape index (κ3) is 4.54. The van der Waals surface area contributed by atoms with Crippen LogP contribution in [0, 0.1) is 0 Å². The molecular weight excluding hydrogens is 308 g/mol. The molecule has 0 amide bonds. The van der Waals surface area contributed by atoms with Crippen molar-refractivity contribution in [3.05, 3.63) is 18.3 Å². The predicted octanol–water partition coefficient (Wildman–Crippen LogP) is 2.93. The van der Waals surface area contributed by atoms with E-state index in [1.54, 1.807) is 0 Å². The fourth-order valence-electron chi connectivity index (χ4n) is 3.26. The summed E-state index contributed by atoms with van der Waals surface area (Å²) in [5.74, 6) is 1.06. The second kappa shape index (κ2) is 7.93. The van der Waals surface area contributed by atoms with Gasteiger partial charge < -0.3 is 20.3 Å². The van der Waals surface area contributed by atoms with Crippen molar-refractivity contribution in [1.82, 2.24) is 10.3 Å². The van der Waals surface area contributed by atoms with Crippen LogP contribution in [0.3, 0.4) is 0 Å². The Bertz CT molecular complexity index is 516. The number of anilines is 2. The van der Waals surface area contributed by atoms with E-state index in [1.165, 1.54) is 19.3 Å². The van der Waals surface area contributed by atoms with Crippen molar-refractivity contribution in [2.24, 2.45) is 0 Å². The third-order valence-electron chi connectivity index (χ3n) is 4.62. The Hall–Kier alpha value is -1.40. The molecule has 2 N–H and O–H groups in total. The Kier molecular flexibility index (Phi) is 5.67. The van der Waals surface area contributed by atoms with Crippen LogP contribution in [0.25, 0.3) is 0 Å². The molecule has 2 aliphatic heterocycles. The van der Waals surface area contributed by atoms with Gasteiger partial charge in [0, 0.05) is 25.7 Å². The average Bonchev–Trinajstić information content (AvgIpc) is 3.08. The van der Waals surface area contributed by atoms with Gasteiger partial charge in [-0.05, 0) is 63.4 Å². The number of thiocarbonyl (C=S) groups is 1. The Morgan fingerprint density at radius 2 is 2.26 bits per heavy atom. The van der Waals surface area contributed by atoms with Gasteiger partial charge in [-0.1, -0.05) is 0 Å². The number of nitrogens with one attached hydrogen (secondary N) is 2. The summed E-state index contributed by atoms with van der Waals surface area (Å²) in [5.41, 5.74) is 0.920. The highest BCUT2D eigenvalue weighted by Crippen LogP contribution is 2.23. The van der Waals surface area contributed by atoms with E-state index >= 15 is 0 Å². The normalized spacial score (nSPS) is 24.5. The molecule has 2 atom stereocenters. The second-order valence-corrected chi connectivity index (χ2v) is 6.82. The molecule has 0 bridgehead atoms. The van der Waals surface area contributed by atoms with Crippen LogP contribution in [0.5, 0.6) is 0 Å². The van der Waals surface area contributed by atoms with Gasteiger partial charge in [-0.25, -0.2) is 4.98 Å². The fourth-order valence-corrected chi connectivity index (χ4v) is 3.46. The summed E-state index contributed by atoms with van der Waals surface area (Å²) in [6.07, 6.45) is 8.23. The number of rotatable bonds is 4. The minimum absolute atomic E-state index is 0.288. The lowest BCUT2D eigenvalue weighted by Crippen LogP contribution is -2.38. The van der Waals surface area contributed by atoms with E-state index < -0.39 is 0 Å². The zero-order valence-electron chi connectivity index (χ0n) is 13.8. The molecule has 3 heterocycles. The van der Waals surface area contributed by atoms with Crippen LogP contribution >= 0.6 is 12.2 Å². The van der Waals surface area contributed by atoms with E-state index in [2.05, 4.69) is 33.5 Å². The number of hydrogen-bond acceptors (Lipinski definition) is 4.